The number of rotatable bonds is 7. The van der Waals surface area contributed by atoms with Gasteiger partial charge in [-0.25, -0.2) is 0 Å². The van der Waals surface area contributed by atoms with Gasteiger partial charge in [-0.2, -0.15) is 0 Å². The van der Waals surface area contributed by atoms with Crippen LogP contribution in [0.4, 0.5) is 0 Å². The van der Waals surface area contributed by atoms with Crippen LogP contribution in [0.5, 0.6) is 5.75 Å². The van der Waals surface area contributed by atoms with Gasteiger partial charge in [-0.3, -0.25) is 4.79 Å². The van der Waals surface area contributed by atoms with Crippen molar-refractivity contribution in [3.05, 3.63) is 76.6 Å². The molecule has 1 heterocycles. The molecule has 2 aromatic carbocycles. The number of nitrogens with two attached hydrogens (primary N) is 1. The number of benzene rings is 2. The monoisotopic (exact) mass is 418 g/mol. The number of hydrogen-bond donors (Lipinski definition) is 2. The number of hydrogen-bond acceptors (Lipinski definition) is 2. The number of amides is 1. The van der Waals surface area contributed by atoms with Gasteiger partial charge in [-0.15, -0.1) is 0 Å². The normalized spacial score (nSPS) is 11.6. The maximum atomic E-state index is 12.5. The van der Waals surface area contributed by atoms with Crippen molar-refractivity contribution in [2.45, 2.75) is 65.8 Å². The lowest BCUT2D eigenvalue weighted by Gasteiger charge is -2.19. The summed E-state index contributed by atoms with van der Waals surface area (Å²) < 4.78 is 2.25. The van der Waals surface area contributed by atoms with Crippen LogP contribution in [-0.2, 0) is 24.8 Å². The van der Waals surface area contributed by atoms with Crippen molar-refractivity contribution >= 4 is 5.91 Å². The van der Waals surface area contributed by atoms with Crippen LogP contribution in [-0.4, -0.2) is 15.6 Å². The minimum Gasteiger partial charge on any atom is -0.508 e. The molecule has 0 aliphatic heterocycles. The lowest BCUT2D eigenvalue weighted by Crippen LogP contribution is -2.14. The largest absolute Gasteiger partial charge is 0.508 e. The number of aromatic nitrogens is 1. The molecule has 4 nitrogen and oxygen atoms in total. The third-order valence-corrected chi connectivity index (χ3v) is 5.96. The van der Waals surface area contributed by atoms with Crippen LogP contribution in [0, 0.1) is 6.92 Å². The first-order valence-electron chi connectivity index (χ1n) is 11.0. The highest BCUT2D eigenvalue weighted by molar-refractivity contribution is 6.02. The van der Waals surface area contributed by atoms with E-state index in [0.29, 0.717) is 5.56 Å². The zero-order chi connectivity index (χ0) is 22.8. The molecule has 164 valence electrons. The molecule has 3 aromatic rings. The summed E-state index contributed by atoms with van der Waals surface area (Å²) in [5.74, 6) is -0.113. The van der Waals surface area contributed by atoms with Gasteiger partial charge < -0.3 is 15.4 Å². The van der Waals surface area contributed by atoms with Crippen molar-refractivity contribution in [2.24, 2.45) is 5.73 Å². The molecule has 0 saturated heterocycles. The second-order valence-electron chi connectivity index (χ2n) is 9.29. The predicted octanol–water partition coefficient (Wildman–Crippen LogP) is 5.76. The average molecular weight is 419 g/mol. The van der Waals surface area contributed by atoms with E-state index in [2.05, 4.69) is 56.5 Å². The summed E-state index contributed by atoms with van der Waals surface area (Å²) in [6.07, 6.45) is 2.67. The van der Waals surface area contributed by atoms with Crippen molar-refractivity contribution in [3.8, 4) is 16.9 Å². The first-order valence-corrected chi connectivity index (χ1v) is 11.0. The quantitative estimate of drug-likeness (QED) is 0.512. The molecule has 0 radical (unpaired) electrons. The van der Waals surface area contributed by atoms with E-state index in [9.17, 15) is 9.90 Å². The van der Waals surface area contributed by atoms with Crippen molar-refractivity contribution in [1.82, 2.24) is 4.57 Å². The van der Waals surface area contributed by atoms with Gasteiger partial charge in [0, 0.05) is 23.5 Å². The number of aromatic hydroxyl groups is 1. The van der Waals surface area contributed by atoms with Crippen LogP contribution in [0.1, 0.15) is 67.0 Å². The van der Waals surface area contributed by atoms with Crippen LogP contribution in [0.3, 0.4) is 0 Å². The molecular weight excluding hydrogens is 384 g/mol. The molecule has 0 bridgehead atoms. The van der Waals surface area contributed by atoms with Crippen LogP contribution in [0.25, 0.3) is 11.1 Å². The number of phenolic OH excluding ortho intramolecular Hbond substituents is 1. The van der Waals surface area contributed by atoms with E-state index in [-0.39, 0.29) is 17.1 Å². The third-order valence-electron chi connectivity index (χ3n) is 5.96. The van der Waals surface area contributed by atoms with E-state index in [4.69, 9.17) is 5.73 Å². The molecule has 0 aliphatic rings. The highest BCUT2D eigenvalue weighted by atomic mass is 16.3. The fourth-order valence-corrected chi connectivity index (χ4v) is 4.25. The Bertz CT molecular complexity index is 1050. The summed E-state index contributed by atoms with van der Waals surface area (Å²) in [7, 11) is 0. The Labute approximate surface area is 185 Å². The molecule has 3 N–H and O–H groups in total. The van der Waals surface area contributed by atoms with E-state index in [1.165, 1.54) is 5.56 Å². The summed E-state index contributed by atoms with van der Waals surface area (Å²) in [6.45, 7) is 11.5. The second-order valence-corrected chi connectivity index (χ2v) is 9.29. The fourth-order valence-electron chi connectivity index (χ4n) is 4.25. The summed E-state index contributed by atoms with van der Waals surface area (Å²) in [4.78, 5) is 12.5. The summed E-state index contributed by atoms with van der Waals surface area (Å²) >= 11 is 0. The average Bonchev–Trinajstić information content (AvgIpc) is 2.99. The van der Waals surface area contributed by atoms with Crippen molar-refractivity contribution < 1.29 is 9.90 Å². The van der Waals surface area contributed by atoms with E-state index in [1.807, 2.05) is 19.1 Å². The van der Waals surface area contributed by atoms with E-state index >= 15 is 0 Å². The maximum Gasteiger partial charge on any atom is 0.251 e. The van der Waals surface area contributed by atoms with Gasteiger partial charge in [0.2, 0.25) is 0 Å². The first-order chi connectivity index (χ1) is 14.6. The molecule has 0 saturated carbocycles. The highest BCUT2D eigenvalue weighted by Crippen LogP contribution is 2.35. The summed E-state index contributed by atoms with van der Waals surface area (Å²) in [5.41, 5.74) is 13.1. The molecule has 0 unspecified atom stereocenters. The summed E-state index contributed by atoms with van der Waals surface area (Å²) in [6, 6.07) is 15.8. The molecule has 31 heavy (non-hydrogen) atoms. The molecule has 0 aliphatic carbocycles. The zero-order valence-corrected chi connectivity index (χ0v) is 19.3. The highest BCUT2D eigenvalue weighted by Gasteiger charge is 2.24. The van der Waals surface area contributed by atoms with E-state index < -0.39 is 0 Å². The number of phenols is 1. The lowest BCUT2D eigenvalue weighted by molar-refractivity contribution is 0.1000. The molecule has 4 heteroatoms. The number of carbonyl (C=O) groups excluding carboxylic acids is 1. The van der Waals surface area contributed by atoms with Crippen LogP contribution in [0.15, 0.2) is 48.5 Å². The first kappa shape index (κ1) is 22.7. The number of carbonyl (C=O) groups is 1. The van der Waals surface area contributed by atoms with Gasteiger partial charge in [0.1, 0.15) is 5.75 Å². The molecule has 0 spiro atoms. The number of primary amides is 1. The Morgan fingerprint density at radius 3 is 2.13 bits per heavy atom. The smallest absolute Gasteiger partial charge is 0.251 e. The van der Waals surface area contributed by atoms with Gasteiger partial charge in [0.05, 0.1) is 5.56 Å². The third kappa shape index (κ3) is 4.84. The van der Waals surface area contributed by atoms with E-state index in [0.717, 1.165) is 53.9 Å². The van der Waals surface area contributed by atoms with Gasteiger partial charge in [0.25, 0.3) is 5.91 Å². The molecule has 0 fully saturated rings. The minimum absolute atomic E-state index is 0.0727. The van der Waals surface area contributed by atoms with Gasteiger partial charge in [-0.05, 0) is 54.0 Å². The van der Waals surface area contributed by atoms with E-state index in [1.54, 1.807) is 12.1 Å². The SMILES string of the molecule is CCCc1c(-c2ccc(C(C)(C)C)cc2)c(C(N)=O)c(C)n1CCc1ccc(O)cc1. The minimum atomic E-state index is -0.381. The topological polar surface area (TPSA) is 68.2 Å². The van der Waals surface area contributed by atoms with Crippen LogP contribution in [0.2, 0.25) is 0 Å². The zero-order valence-electron chi connectivity index (χ0n) is 19.3. The summed E-state index contributed by atoms with van der Waals surface area (Å²) in [5, 5.41) is 9.54. The second kappa shape index (κ2) is 9.01. The van der Waals surface area contributed by atoms with Gasteiger partial charge >= 0.3 is 0 Å². The van der Waals surface area contributed by atoms with Gasteiger partial charge in [0.15, 0.2) is 0 Å². The molecule has 1 aromatic heterocycles. The number of aryl methyl sites for hydroxylation is 1. The fraction of sp³-hybridized carbons (Fsp3) is 0.370. The molecule has 3 rings (SSSR count). The molecule has 1 amide bonds. The Hall–Kier alpha value is -3.01. The molecule has 0 atom stereocenters. The maximum absolute atomic E-state index is 12.5. The Balaban J connectivity index is 2.08. The Morgan fingerprint density at radius 2 is 1.61 bits per heavy atom. The molecular formula is C27H34N2O2. The Kier molecular flexibility index (Phi) is 6.59. The standard InChI is InChI=1S/C27H34N2O2/c1-6-7-23-25(20-10-12-21(13-11-20)27(3,4)5)24(26(28)31)18(2)29(23)17-16-19-8-14-22(30)15-9-19/h8-15,30H,6-7,16-17H2,1-5H3,(H2,28,31). The van der Waals surface area contributed by atoms with Crippen LogP contribution < -0.4 is 5.73 Å². The van der Waals surface area contributed by atoms with Crippen molar-refractivity contribution in [1.29, 1.82) is 0 Å². The van der Waals surface area contributed by atoms with Crippen molar-refractivity contribution in [2.75, 3.05) is 0 Å². The van der Waals surface area contributed by atoms with Gasteiger partial charge in [-0.1, -0.05) is 70.5 Å². The Morgan fingerprint density at radius 1 is 1.00 bits per heavy atom. The van der Waals surface area contributed by atoms with Crippen molar-refractivity contribution in [3.63, 3.8) is 0 Å². The predicted molar refractivity (Wildman–Crippen MR) is 128 cm³/mol. The lowest BCUT2D eigenvalue weighted by atomic mass is 9.86. The number of nitrogens with zero attached hydrogens (tertiary/aromatic N) is 1. The van der Waals surface area contributed by atoms with Crippen LogP contribution >= 0.6 is 0 Å².